The Morgan fingerprint density at radius 1 is 1.10 bits per heavy atom. The van der Waals surface area contributed by atoms with Crippen LogP contribution in [0.5, 0.6) is 0 Å². The molecule has 0 amide bonds. The van der Waals surface area contributed by atoms with Crippen molar-refractivity contribution in [1.29, 1.82) is 0 Å². The molecule has 0 unspecified atom stereocenters. The highest BCUT2D eigenvalue weighted by atomic mass is 79.9. The van der Waals surface area contributed by atoms with Gasteiger partial charge in [0.05, 0.1) is 11.3 Å². The van der Waals surface area contributed by atoms with E-state index in [4.69, 9.17) is 5.73 Å². The Kier molecular flexibility index (Phi) is 3.94. The number of benzene rings is 2. The van der Waals surface area contributed by atoms with Gasteiger partial charge < -0.3 is 11.1 Å². The number of nitrogens with two attached hydrogens (primary N) is 1. The van der Waals surface area contributed by atoms with Crippen molar-refractivity contribution in [3.05, 3.63) is 52.0 Å². The Morgan fingerprint density at radius 3 is 2.40 bits per heavy atom. The lowest BCUT2D eigenvalue weighted by Crippen LogP contribution is -2.09. The first-order chi connectivity index (χ1) is 9.25. The fraction of sp³-hybridized carbons (Fsp3) is 0.143. The van der Waals surface area contributed by atoms with E-state index in [-0.39, 0.29) is 11.4 Å². The minimum absolute atomic E-state index is 0.0239. The summed E-state index contributed by atoms with van der Waals surface area (Å²) in [6, 6.07) is 9.04. The van der Waals surface area contributed by atoms with Crippen molar-refractivity contribution in [2.75, 3.05) is 11.1 Å². The second kappa shape index (κ2) is 5.36. The van der Waals surface area contributed by atoms with Gasteiger partial charge in [-0.25, -0.2) is 0 Å². The van der Waals surface area contributed by atoms with E-state index in [0.717, 1.165) is 16.1 Å². The lowest BCUT2D eigenvalue weighted by atomic mass is 10.1. The molecule has 0 saturated heterocycles. The van der Waals surface area contributed by atoms with E-state index in [1.54, 1.807) is 12.1 Å². The number of hydrogen-bond acceptors (Lipinski definition) is 2. The van der Waals surface area contributed by atoms with Gasteiger partial charge in [-0.15, -0.1) is 0 Å². The van der Waals surface area contributed by atoms with Gasteiger partial charge in [-0.2, -0.15) is 13.2 Å². The van der Waals surface area contributed by atoms with Crippen LogP contribution in [0, 0.1) is 6.92 Å². The number of anilines is 3. The lowest BCUT2D eigenvalue weighted by molar-refractivity contribution is -0.136. The van der Waals surface area contributed by atoms with Crippen molar-refractivity contribution in [1.82, 2.24) is 0 Å². The van der Waals surface area contributed by atoms with E-state index in [9.17, 15) is 13.2 Å². The van der Waals surface area contributed by atoms with Crippen molar-refractivity contribution in [3.8, 4) is 0 Å². The van der Waals surface area contributed by atoms with Gasteiger partial charge in [-0.3, -0.25) is 0 Å². The van der Waals surface area contributed by atoms with Crippen molar-refractivity contribution in [2.45, 2.75) is 13.1 Å². The number of nitrogens with one attached hydrogen (secondary N) is 1. The fourth-order valence-corrected chi connectivity index (χ4v) is 2.48. The van der Waals surface area contributed by atoms with Gasteiger partial charge >= 0.3 is 6.18 Å². The number of halogens is 4. The van der Waals surface area contributed by atoms with Crippen LogP contribution in [-0.4, -0.2) is 0 Å². The van der Waals surface area contributed by atoms with Gasteiger partial charge in [0, 0.05) is 15.8 Å². The maximum absolute atomic E-state index is 13.0. The van der Waals surface area contributed by atoms with E-state index in [1.165, 1.54) is 12.1 Å². The Bertz CT molecular complexity index is 619. The molecule has 0 aliphatic carbocycles. The molecule has 0 bridgehead atoms. The highest BCUT2D eigenvalue weighted by Gasteiger charge is 2.33. The summed E-state index contributed by atoms with van der Waals surface area (Å²) in [4.78, 5) is 0. The van der Waals surface area contributed by atoms with Gasteiger partial charge in [0.15, 0.2) is 0 Å². The molecule has 2 aromatic rings. The first-order valence-electron chi connectivity index (χ1n) is 5.76. The van der Waals surface area contributed by atoms with Gasteiger partial charge in [0.2, 0.25) is 0 Å². The fourth-order valence-electron chi connectivity index (χ4n) is 1.87. The molecule has 2 aromatic carbocycles. The molecule has 2 rings (SSSR count). The summed E-state index contributed by atoms with van der Waals surface area (Å²) in [5, 5.41) is 2.78. The van der Waals surface area contributed by atoms with Crippen molar-refractivity contribution < 1.29 is 13.2 Å². The third-order valence-corrected chi connectivity index (χ3v) is 3.13. The normalized spacial score (nSPS) is 11.4. The molecule has 0 saturated carbocycles. The first-order valence-corrected chi connectivity index (χ1v) is 6.56. The Balaban J connectivity index is 2.43. The van der Waals surface area contributed by atoms with Gasteiger partial charge in [0.1, 0.15) is 0 Å². The zero-order chi connectivity index (χ0) is 14.9. The number of rotatable bonds is 2. The second-order valence-electron chi connectivity index (χ2n) is 4.45. The molecular formula is C14H12BrF3N2. The number of nitrogen functional groups attached to an aromatic ring is 1. The molecule has 20 heavy (non-hydrogen) atoms. The van der Waals surface area contributed by atoms with Crippen molar-refractivity contribution >= 4 is 33.0 Å². The predicted molar refractivity (Wildman–Crippen MR) is 78.0 cm³/mol. The monoisotopic (exact) mass is 344 g/mol. The molecule has 0 atom stereocenters. The number of hydrogen-bond donors (Lipinski definition) is 2. The third kappa shape index (κ3) is 3.45. The van der Waals surface area contributed by atoms with E-state index in [2.05, 4.69) is 21.2 Å². The highest BCUT2D eigenvalue weighted by Crippen LogP contribution is 2.37. The van der Waals surface area contributed by atoms with E-state index >= 15 is 0 Å². The molecule has 2 nitrogen and oxygen atoms in total. The Hall–Kier alpha value is -1.69. The standard InChI is InChI=1S/C14H12BrF3N2/c1-8-4-9(15)6-11(5-8)20-13-3-2-10(19)7-12(13)14(16,17)18/h2-7,20H,19H2,1H3. The average Bonchev–Trinajstić information content (AvgIpc) is 2.28. The molecule has 0 fully saturated rings. The molecule has 0 aliphatic heterocycles. The minimum Gasteiger partial charge on any atom is -0.399 e. The molecule has 0 heterocycles. The molecule has 0 spiro atoms. The third-order valence-electron chi connectivity index (χ3n) is 2.67. The maximum atomic E-state index is 13.0. The summed E-state index contributed by atoms with van der Waals surface area (Å²) in [5.41, 5.74) is 6.21. The zero-order valence-electron chi connectivity index (χ0n) is 10.6. The number of alkyl halides is 3. The number of aryl methyl sites for hydroxylation is 1. The average molecular weight is 345 g/mol. The summed E-state index contributed by atoms with van der Waals surface area (Å²) in [7, 11) is 0. The Labute approximate surface area is 122 Å². The van der Waals surface area contributed by atoms with E-state index in [0.29, 0.717) is 5.69 Å². The molecule has 3 N–H and O–H groups in total. The van der Waals surface area contributed by atoms with Crippen LogP contribution in [-0.2, 0) is 6.18 Å². The topological polar surface area (TPSA) is 38.0 Å². The van der Waals surface area contributed by atoms with Crippen LogP contribution in [0.25, 0.3) is 0 Å². The van der Waals surface area contributed by atoms with Crippen LogP contribution in [0.15, 0.2) is 40.9 Å². The molecule has 106 valence electrons. The van der Waals surface area contributed by atoms with Gasteiger partial charge in [-0.1, -0.05) is 15.9 Å². The van der Waals surface area contributed by atoms with Crippen LogP contribution in [0.1, 0.15) is 11.1 Å². The molecule has 0 aromatic heterocycles. The summed E-state index contributed by atoms with van der Waals surface area (Å²) in [6.07, 6.45) is -4.46. The van der Waals surface area contributed by atoms with Crippen LogP contribution in [0.2, 0.25) is 0 Å². The summed E-state index contributed by atoms with van der Waals surface area (Å²) in [6.45, 7) is 1.86. The largest absolute Gasteiger partial charge is 0.418 e. The highest BCUT2D eigenvalue weighted by molar-refractivity contribution is 9.10. The minimum atomic E-state index is -4.46. The van der Waals surface area contributed by atoms with Crippen LogP contribution in [0.3, 0.4) is 0 Å². The van der Waals surface area contributed by atoms with Gasteiger partial charge in [0.25, 0.3) is 0 Å². The summed E-state index contributed by atoms with van der Waals surface area (Å²) >= 11 is 3.31. The predicted octanol–water partition coefficient (Wildman–Crippen LogP) is 5.10. The van der Waals surface area contributed by atoms with Crippen molar-refractivity contribution in [3.63, 3.8) is 0 Å². The SMILES string of the molecule is Cc1cc(Br)cc(Nc2ccc(N)cc2C(F)(F)F)c1. The molecule has 0 radical (unpaired) electrons. The smallest absolute Gasteiger partial charge is 0.399 e. The first kappa shape index (κ1) is 14.7. The van der Waals surface area contributed by atoms with Crippen LogP contribution >= 0.6 is 15.9 Å². The maximum Gasteiger partial charge on any atom is 0.418 e. The summed E-state index contributed by atoms with van der Waals surface area (Å²) < 4.78 is 39.7. The Morgan fingerprint density at radius 2 is 1.80 bits per heavy atom. The van der Waals surface area contributed by atoms with Crippen LogP contribution in [0.4, 0.5) is 30.2 Å². The lowest BCUT2D eigenvalue weighted by Gasteiger charge is -2.15. The zero-order valence-corrected chi connectivity index (χ0v) is 12.1. The summed E-state index contributed by atoms with van der Waals surface area (Å²) in [5.74, 6) is 0. The van der Waals surface area contributed by atoms with E-state index < -0.39 is 11.7 Å². The van der Waals surface area contributed by atoms with Gasteiger partial charge in [-0.05, 0) is 48.9 Å². The molecular weight excluding hydrogens is 333 g/mol. The van der Waals surface area contributed by atoms with E-state index in [1.807, 2.05) is 13.0 Å². The van der Waals surface area contributed by atoms with Crippen LogP contribution < -0.4 is 11.1 Å². The quantitative estimate of drug-likeness (QED) is 0.743. The van der Waals surface area contributed by atoms with Crippen molar-refractivity contribution in [2.24, 2.45) is 0 Å². The molecule has 6 heteroatoms. The molecule has 0 aliphatic rings. The second-order valence-corrected chi connectivity index (χ2v) is 5.36.